The van der Waals surface area contributed by atoms with E-state index >= 15 is 0 Å². The lowest BCUT2D eigenvalue weighted by Gasteiger charge is -2.16. The standard InChI is InChI=1S/C15H18O/c1-9-3-4-12-7-8-13(15(16)14(9)12)10(2)11-5-6-11/h3,7-8,10-11,16H,4-6H2,1-2H3. The summed E-state index contributed by atoms with van der Waals surface area (Å²) in [5.41, 5.74) is 4.76. The minimum Gasteiger partial charge on any atom is -0.507 e. The molecule has 3 rings (SSSR count). The second-order valence-corrected chi connectivity index (χ2v) is 5.25. The van der Waals surface area contributed by atoms with Gasteiger partial charge in [-0.3, -0.25) is 0 Å². The molecule has 0 amide bonds. The number of benzene rings is 1. The van der Waals surface area contributed by atoms with Crippen molar-refractivity contribution in [2.24, 2.45) is 5.92 Å². The molecule has 0 radical (unpaired) electrons. The van der Waals surface area contributed by atoms with E-state index in [-0.39, 0.29) is 0 Å². The van der Waals surface area contributed by atoms with Crippen molar-refractivity contribution < 1.29 is 5.11 Å². The molecule has 1 fully saturated rings. The summed E-state index contributed by atoms with van der Waals surface area (Å²) in [4.78, 5) is 0. The predicted molar refractivity (Wildman–Crippen MR) is 66.6 cm³/mol. The van der Waals surface area contributed by atoms with Gasteiger partial charge in [0.25, 0.3) is 0 Å². The normalized spacial score (nSPS) is 20.5. The highest BCUT2D eigenvalue weighted by atomic mass is 16.3. The number of aromatic hydroxyl groups is 1. The molecule has 0 aliphatic heterocycles. The van der Waals surface area contributed by atoms with Crippen LogP contribution in [0.3, 0.4) is 0 Å². The van der Waals surface area contributed by atoms with Crippen LogP contribution in [0.4, 0.5) is 0 Å². The Labute approximate surface area is 96.8 Å². The van der Waals surface area contributed by atoms with Gasteiger partial charge in [0.2, 0.25) is 0 Å². The average molecular weight is 214 g/mol. The van der Waals surface area contributed by atoms with Crippen molar-refractivity contribution in [1.82, 2.24) is 0 Å². The molecule has 16 heavy (non-hydrogen) atoms. The molecule has 0 aromatic heterocycles. The SMILES string of the molecule is CC1=CCc2ccc(C(C)C3CC3)c(O)c21. The molecule has 1 N–H and O–H groups in total. The largest absolute Gasteiger partial charge is 0.507 e. The molecule has 1 nitrogen and oxygen atoms in total. The summed E-state index contributed by atoms with van der Waals surface area (Å²) in [5.74, 6) is 1.86. The Morgan fingerprint density at radius 3 is 2.75 bits per heavy atom. The van der Waals surface area contributed by atoms with Crippen LogP contribution in [-0.4, -0.2) is 5.11 Å². The van der Waals surface area contributed by atoms with Gasteiger partial charge in [-0.25, -0.2) is 0 Å². The molecule has 1 aromatic rings. The summed E-state index contributed by atoms with van der Waals surface area (Å²) in [6.45, 7) is 4.34. The molecule has 0 saturated heterocycles. The molecule has 1 saturated carbocycles. The fourth-order valence-electron chi connectivity index (χ4n) is 2.84. The summed E-state index contributed by atoms with van der Waals surface area (Å²) in [6, 6.07) is 4.32. The molecule has 0 spiro atoms. The molecular weight excluding hydrogens is 196 g/mol. The zero-order chi connectivity index (χ0) is 11.3. The Bertz CT molecular complexity index is 467. The lowest BCUT2D eigenvalue weighted by atomic mass is 9.91. The number of rotatable bonds is 2. The molecule has 1 aromatic carbocycles. The van der Waals surface area contributed by atoms with Crippen molar-refractivity contribution in [3.8, 4) is 5.75 Å². The van der Waals surface area contributed by atoms with Crippen LogP contribution in [0.5, 0.6) is 5.75 Å². The van der Waals surface area contributed by atoms with Crippen molar-refractivity contribution >= 4 is 5.57 Å². The summed E-state index contributed by atoms with van der Waals surface area (Å²) < 4.78 is 0. The summed E-state index contributed by atoms with van der Waals surface area (Å²) in [5, 5.41) is 10.4. The molecular formula is C15H18O. The third-order valence-corrected chi connectivity index (χ3v) is 4.14. The first-order valence-electron chi connectivity index (χ1n) is 6.20. The van der Waals surface area contributed by atoms with Crippen LogP contribution in [0.15, 0.2) is 18.2 Å². The highest BCUT2D eigenvalue weighted by molar-refractivity contribution is 5.77. The molecule has 1 unspecified atom stereocenters. The zero-order valence-corrected chi connectivity index (χ0v) is 9.96. The lowest BCUT2D eigenvalue weighted by molar-refractivity contribution is 0.456. The lowest BCUT2D eigenvalue weighted by Crippen LogP contribution is -1.98. The molecule has 2 aliphatic rings. The minimum absolute atomic E-state index is 0.513. The van der Waals surface area contributed by atoms with Crippen molar-refractivity contribution in [1.29, 1.82) is 0 Å². The van der Waals surface area contributed by atoms with Crippen molar-refractivity contribution in [2.75, 3.05) is 0 Å². The van der Waals surface area contributed by atoms with E-state index in [4.69, 9.17) is 0 Å². The van der Waals surface area contributed by atoms with Crippen LogP contribution < -0.4 is 0 Å². The number of hydrogen-bond acceptors (Lipinski definition) is 1. The molecule has 2 aliphatic carbocycles. The maximum atomic E-state index is 10.4. The van der Waals surface area contributed by atoms with E-state index < -0.39 is 0 Å². The van der Waals surface area contributed by atoms with Crippen molar-refractivity contribution in [3.05, 3.63) is 34.9 Å². The fourth-order valence-corrected chi connectivity index (χ4v) is 2.84. The van der Waals surface area contributed by atoms with Gasteiger partial charge in [-0.15, -0.1) is 0 Å². The smallest absolute Gasteiger partial charge is 0.126 e. The summed E-state index contributed by atoms with van der Waals surface area (Å²) in [7, 11) is 0. The minimum atomic E-state index is 0.513. The molecule has 0 heterocycles. The van der Waals surface area contributed by atoms with E-state index in [0.717, 1.165) is 23.5 Å². The molecule has 1 atom stereocenters. The van der Waals surface area contributed by atoms with E-state index in [0.29, 0.717) is 11.7 Å². The van der Waals surface area contributed by atoms with Crippen LogP contribution in [0.1, 0.15) is 49.3 Å². The predicted octanol–water partition coefficient (Wildman–Crippen LogP) is 3.87. The number of allylic oxidation sites excluding steroid dienone is 2. The van der Waals surface area contributed by atoms with Gasteiger partial charge in [-0.05, 0) is 54.7 Å². The van der Waals surface area contributed by atoms with Crippen LogP contribution >= 0.6 is 0 Å². The van der Waals surface area contributed by atoms with Gasteiger partial charge in [0.05, 0.1) is 0 Å². The van der Waals surface area contributed by atoms with E-state index in [1.807, 2.05) is 0 Å². The fraction of sp³-hybridized carbons (Fsp3) is 0.467. The van der Waals surface area contributed by atoms with Gasteiger partial charge in [0.15, 0.2) is 0 Å². The van der Waals surface area contributed by atoms with E-state index in [1.54, 1.807) is 0 Å². The quantitative estimate of drug-likeness (QED) is 0.792. The van der Waals surface area contributed by atoms with Crippen LogP contribution in [0, 0.1) is 5.92 Å². The van der Waals surface area contributed by atoms with Gasteiger partial charge in [-0.2, -0.15) is 0 Å². The van der Waals surface area contributed by atoms with Gasteiger partial charge in [-0.1, -0.05) is 25.1 Å². The van der Waals surface area contributed by atoms with Crippen LogP contribution in [0.25, 0.3) is 5.57 Å². The Hall–Kier alpha value is -1.24. The summed E-state index contributed by atoms with van der Waals surface area (Å²) >= 11 is 0. The topological polar surface area (TPSA) is 20.2 Å². The average Bonchev–Trinajstić information content (AvgIpc) is 3.04. The highest BCUT2D eigenvalue weighted by Crippen LogP contribution is 2.47. The Balaban J connectivity index is 2.07. The maximum Gasteiger partial charge on any atom is 0.126 e. The molecule has 84 valence electrons. The zero-order valence-electron chi connectivity index (χ0n) is 9.96. The van der Waals surface area contributed by atoms with Gasteiger partial charge >= 0.3 is 0 Å². The Morgan fingerprint density at radius 2 is 2.06 bits per heavy atom. The monoisotopic (exact) mass is 214 g/mol. The molecule has 1 heteroatoms. The first kappa shape index (κ1) is 9.95. The van der Waals surface area contributed by atoms with E-state index in [1.165, 1.54) is 24.0 Å². The van der Waals surface area contributed by atoms with E-state index in [9.17, 15) is 5.11 Å². The maximum absolute atomic E-state index is 10.4. The third kappa shape index (κ3) is 1.38. The second-order valence-electron chi connectivity index (χ2n) is 5.25. The van der Waals surface area contributed by atoms with Crippen LogP contribution in [-0.2, 0) is 6.42 Å². The van der Waals surface area contributed by atoms with Gasteiger partial charge < -0.3 is 5.11 Å². The Kier molecular flexibility index (Phi) is 2.10. The number of phenolic OH excluding ortho intramolecular Hbond substituents is 1. The first-order valence-corrected chi connectivity index (χ1v) is 6.20. The van der Waals surface area contributed by atoms with Crippen molar-refractivity contribution in [2.45, 2.75) is 39.0 Å². The first-order chi connectivity index (χ1) is 7.68. The third-order valence-electron chi connectivity index (χ3n) is 4.14. The van der Waals surface area contributed by atoms with Crippen LogP contribution in [0.2, 0.25) is 0 Å². The number of hydrogen-bond donors (Lipinski definition) is 1. The van der Waals surface area contributed by atoms with Gasteiger partial charge in [0.1, 0.15) is 5.75 Å². The second kappa shape index (κ2) is 3.38. The Morgan fingerprint density at radius 1 is 1.31 bits per heavy atom. The summed E-state index contributed by atoms with van der Waals surface area (Å²) in [6.07, 6.45) is 5.84. The van der Waals surface area contributed by atoms with Crippen molar-refractivity contribution in [3.63, 3.8) is 0 Å². The molecule has 0 bridgehead atoms. The highest BCUT2D eigenvalue weighted by Gasteiger charge is 2.31. The van der Waals surface area contributed by atoms with E-state index in [2.05, 4.69) is 32.1 Å². The number of fused-ring (bicyclic) bond motifs is 1. The van der Waals surface area contributed by atoms with Gasteiger partial charge in [0, 0.05) is 5.56 Å². The number of phenols is 1.